The number of halogens is 12. The Morgan fingerprint density at radius 3 is 1.02 bits per heavy atom. The summed E-state index contributed by atoms with van der Waals surface area (Å²) in [7, 11) is 0. The lowest BCUT2D eigenvalue weighted by molar-refractivity contribution is 0.109. The average Bonchev–Trinajstić information content (AvgIpc) is 0.839. The summed E-state index contributed by atoms with van der Waals surface area (Å²) in [6, 6.07) is 38.9. The van der Waals surface area contributed by atoms with Crippen LogP contribution in [-0.2, 0) is 23.7 Å². The monoisotopic (exact) mass is 1980 g/mol. The summed E-state index contributed by atoms with van der Waals surface area (Å²) in [6.45, 7) is 14.6. The van der Waals surface area contributed by atoms with Gasteiger partial charge in [-0.2, -0.15) is 79.9 Å². The Balaban J connectivity index is 0.000000163. The molecule has 5 aromatic heterocycles. The Morgan fingerprint density at radius 2 is 0.681 bits per heavy atom. The molecule has 0 spiro atoms. The molecule has 0 saturated carbocycles. The molecule has 10 heterocycles. The third-order valence-electron chi connectivity index (χ3n) is 15.5. The molecule has 46 heteroatoms. The number of benzene rings is 6. The van der Waals surface area contributed by atoms with Gasteiger partial charge in [0.05, 0.1) is 72.3 Å². The second-order valence-corrected chi connectivity index (χ2v) is 28.6. The lowest BCUT2D eigenvalue weighted by Gasteiger charge is -2.27. The summed E-state index contributed by atoms with van der Waals surface area (Å²) in [5.74, 6) is 7.83. The lowest BCUT2D eigenvalue weighted by Crippen LogP contribution is -2.37. The number of hydrazine groups is 1. The Kier molecular flexibility index (Phi) is 40.0. The van der Waals surface area contributed by atoms with Crippen molar-refractivity contribution in [3.63, 3.8) is 0 Å². The number of aromatic nitrogens is 15. The Labute approximate surface area is 737 Å². The van der Waals surface area contributed by atoms with Crippen molar-refractivity contribution in [2.24, 2.45) is 10.9 Å². The summed E-state index contributed by atoms with van der Waals surface area (Å²) in [5, 5.41) is 16.8. The lowest BCUT2D eigenvalue weighted by atomic mass is 10.2. The zero-order chi connectivity index (χ0) is 84.5. The van der Waals surface area contributed by atoms with Gasteiger partial charge in [0.25, 0.3) is 0 Å². The van der Waals surface area contributed by atoms with Crippen molar-refractivity contribution in [1.29, 1.82) is 0 Å². The quantitative estimate of drug-likeness (QED) is 0.00898. The molecule has 5 aliphatic rings. The first-order valence-corrected chi connectivity index (χ1v) is 40.2. The van der Waals surface area contributed by atoms with Gasteiger partial charge in [-0.05, 0) is 242 Å². The number of aldehydes is 1. The van der Waals surface area contributed by atoms with Gasteiger partial charge in [0, 0.05) is 101 Å². The second kappa shape index (κ2) is 51.1. The summed E-state index contributed by atoms with van der Waals surface area (Å²) < 4.78 is 79.5. The molecule has 119 heavy (non-hydrogen) atoms. The first-order chi connectivity index (χ1) is 57.6. The van der Waals surface area contributed by atoms with Gasteiger partial charge in [-0.15, -0.1) is 0 Å². The van der Waals surface area contributed by atoms with E-state index in [0.29, 0.717) is 162 Å². The molecule has 6 aromatic carbocycles. The second-order valence-electron chi connectivity index (χ2n) is 24.1. The number of morpholine rings is 5. The van der Waals surface area contributed by atoms with Crippen LogP contribution >= 0.6 is 115 Å². The number of rotatable bonds is 15. The van der Waals surface area contributed by atoms with Crippen LogP contribution in [0.15, 0.2) is 151 Å². The van der Waals surface area contributed by atoms with E-state index in [4.69, 9.17) is 105 Å². The molecular formula is C73H76Cl6F4I2N28O6. The van der Waals surface area contributed by atoms with E-state index in [9.17, 15) is 22.4 Å². The number of nitrogen functional groups attached to an aromatic ring is 2. The number of carbonyl (C=O) groups is 1. The zero-order valence-corrected chi connectivity index (χ0v) is 71.6. The van der Waals surface area contributed by atoms with Gasteiger partial charge in [0.2, 0.25) is 85.2 Å². The molecule has 0 bridgehead atoms. The molecule has 0 amide bonds. The minimum atomic E-state index is -0.308. The molecule has 5 aliphatic heterocycles. The maximum atomic E-state index is 13.2. The number of hydrazone groups is 1. The Hall–Kier alpha value is -9.65. The van der Waals surface area contributed by atoms with Gasteiger partial charge in [-0.3, -0.25) is 10.2 Å². The van der Waals surface area contributed by atoms with Crippen LogP contribution in [0.25, 0.3) is 0 Å². The topological polar surface area (TPSA) is 406 Å². The third-order valence-corrected chi connectivity index (χ3v) is 17.9. The smallest absolute Gasteiger partial charge is 0.250 e. The van der Waals surface area contributed by atoms with Gasteiger partial charge in [0.1, 0.15) is 29.6 Å². The van der Waals surface area contributed by atoms with Crippen molar-refractivity contribution < 1.29 is 46.0 Å². The van der Waals surface area contributed by atoms with Gasteiger partial charge in [-0.25, -0.2) is 28.8 Å². The van der Waals surface area contributed by atoms with Crippen LogP contribution in [0.2, 0.25) is 31.7 Å². The van der Waals surface area contributed by atoms with E-state index in [-0.39, 0.29) is 60.9 Å². The fraction of sp³-hybridized carbons (Fsp3) is 0.274. The predicted molar refractivity (Wildman–Crippen MR) is 468 cm³/mol. The number of hydrogen-bond donors (Lipinski definition) is 8. The fourth-order valence-corrected chi connectivity index (χ4v) is 12.1. The van der Waals surface area contributed by atoms with Crippen molar-refractivity contribution in [2.75, 3.05) is 184 Å². The minimum Gasteiger partial charge on any atom is -0.399 e. The number of nitrogens with one attached hydrogen (secondary N) is 6. The average molecular weight is 1980 g/mol. The van der Waals surface area contributed by atoms with Crippen molar-refractivity contribution in [3.8, 4) is 0 Å². The molecule has 0 unspecified atom stereocenters. The minimum absolute atomic E-state index is 0.000000000000000444. The molecule has 0 aliphatic carbocycles. The van der Waals surface area contributed by atoms with Crippen molar-refractivity contribution in [1.82, 2.24) is 80.1 Å². The molecule has 0 radical (unpaired) electrons. The van der Waals surface area contributed by atoms with Crippen LogP contribution < -0.4 is 63.3 Å². The van der Waals surface area contributed by atoms with Crippen LogP contribution in [0, 0.1) is 30.4 Å². The van der Waals surface area contributed by atoms with Gasteiger partial charge >= 0.3 is 0 Å². The normalized spacial score (nSPS) is 14.2. The highest BCUT2D eigenvalue weighted by Gasteiger charge is 2.21. The molecular weight excluding hydrogens is 1910 g/mol. The highest BCUT2D eigenvalue weighted by molar-refractivity contribution is 14.1. The first kappa shape index (κ1) is 93.2. The summed E-state index contributed by atoms with van der Waals surface area (Å²) >= 11 is 37.6. The maximum Gasteiger partial charge on any atom is 0.250 e. The largest absolute Gasteiger partial charge is 0.399 e. The van der Waals surface area contributed by atoms with E-state index in [1.807, 2.05) is 62.1 Å². The van der Waals surface area contributed by atoms with Crippen LogP contribution in [0.5, 0.6) is 0 Å². The highest BCUT2D eigenvalue weighted by Crippen LogP contribution is 2.24. The number of anilines is 13. The maximum absolute atomic E-state index is 13.2. The van der Waals surface area contributed by atoms with Gasteiger partial charge in [0.15, 0.2) is 0 Å². The standard InChI is InChI=1S/C20H19FIN7O.C13H13ClFN5O.C13H16FN7O.C7H8Cl2N4O.C7H5IO.C6H6FN.C4H9NO.C3Cl3N3/c21-15-4-6-17(7-5-15)24-18-25-19(27-20(26-18)29-8-10-30-11-9-29)28-23-13-14-2-1-3-16(22)12-14;14-11-17-12(16-10-3-1-9(15)2-4-10)19-13(18-11)20-5-7-21-8-6-20;14-9-1-3-10(4-2-9)16-11-17-12(20-15)19-13(18-11)21-5-7-22-8-6-21;8-5-10-6(9)12-7(11-5)13-1-3-14-4-2-13;8-7-3-1-2-6(4-7)5-9;7-5-1-3-6(8)4-2-5;1-3-6-4-2-5-1;4-1-7-2(5)9-3(6)8-1/h1-7,12-13H,8-11H2,(H2,24,25,26,27,28);1-4H,5-8H2,(H,16,17,18,19);1-4H,5-8,15H2,(H2,16,17,18,19,20);1-4H2;1-5H;1-4H,8H2;5H,1-4H2;/b23-13+;;;;;;;. The summed E-state index contributed by atoms with van der Waals surface area (Å²) in [4.78, 5) is 78.8. The van der Waals surface area contributed by atoms with Crippen LogP contribution in [0.1, 0.15) is 15.9 Å². The molecule has 628 valence electrons. The van der Waals surface area contributed by atoms with Gasteiger partial charge < -0.3 is 70.3 Å². The summed E-state index contributed by atoms with van der Waals surface area (Å²) in [5.41, 5.74) is 14.9. The molecule has 11 aromatic rings. The van der Waals surface area contributed by atoms with Gasteiger partial charge in [-0.1, -0.05) is 24.3 Å². The van der Waals surface area contributed by atoms with E-state index in [2.05, 4.69) is 157 Å². The SMILES string of the molecule is C1COCCN1.Clc1nc(Cl)nc(Cl)n1.Clc1nc(Cl)nc(N2CCOCC2)n1.Fc1ccc(Nc2nc(Cl)nc(N3CCOCC3)n2)cc1.Fc1ccc(Nc2nc(N/N=C/c3cccc(I)c3)nc(N3CCOCC3)n2)cc1.NNc1nc(Nc2ccc(F)cc2)nc(N2CCOCC2)n1.Nc1ccc(F)cc1.O=Cc1cccc(I)c1. The molecule has 0 atom stereocenters. The third kappa shape index (κ3) is 35.3. The van der Waals surface area contributed by atoms with E-state index in [1.165, 1.54) is 60.7 Å². The molecule has 5 saturated heterocycles. The van der Waals surface area contributed by atoms with E-state index in [0.717, 1.165) is 63.9 Å². The Bertz CT molecular complexity index is 4840. The van der Waals surface area contributed by atoms with Crippen molar-refractivity contribution in [3.05, 3.63) is 219 Å². The summed E-state index contributed by atoms with van der Waals surface area (Å²) in [6.07, 6.45) is 2.55. The highest BCUT2D eigenvalue weighted by atomic mass is 127. The van der Waals surface area contributed by atoms with E-state index in [1.54, 1.807) is 48.7 Å². The van der Waals surface area contributed by atoms with Crippen LogP contribution in [0.4, 0.5) is 93.8 Å². The fourth-order valence-electron chi connectivity index (χ4n) is 9.89. The van der Waals surface area contributed by atoms with Crippen LogP contribution in [-0.4, -0.2) is 219 Å². The Morgan fingerprint density at radius 1 is 0.378 bits per heavy atom. The molecule has 16 rings (SSSR count). The number of carbonyl (C=O) groups excluding carboxylic acids is 1. The number of hydrogen-bond acceptors (Lipinski definition) is 34. The molecule has 5 fully saturated rings. The number of nitrogens with two attached hydrogens (primary N) is 2. The van der Waals surface area contributed by atoms with Crippen molar-refractivity contribution >= 4 is 204 Å². The predicted octanol–water partition coefficient (Wildman–Crippen LogP) is 12.7. The first-order valence-electron chi connectivity index (χ1n) is 35.8. The number of ether oxygens (including phenoxy) is 5. The molecule has 10 N–H and O–H groups in total. The number of nitrogens with zero attached hydrogens (tertiary/aromatic N) is 20. The van der Waals surface area contributed by atoms with Crippen molar-refractivity contribution in [2.45, 2.75) is 0 Å². The van der Waals surface area contributed by atoms with E-state index >= 15 is 0 Å². The molecule has 34 nitrogen and oxygen atoms in total. The van der Waals surface area contributed by atoms with E-state index < -0.39 is 0 Å². The van der Waals surface area contributed by atoms with Crippen LogP contribution in [0.3, 0.4) is 0 Å². The zero-order valence-electron chi connectivity index (χ0n) is 62.7.